The molecule has 6 aromatic rings. The highest BCUT2D eigenvalue weighted by Crippen LogP contribution is 2.43. The lowest BCUT2D eigenvalue weighted by molar-refractivity contribution is 0.673. The van der Waals surface area contributed by atoms with Crippen molar-refractivity contribution in [3.63, 3.8) is 0 Å². The van der Waals surface area contributed by atoms with E-state index < -0.39 is 0 Å². The van der Waals surface area contributed by atoms with Crippen LogP contribution in [0.5, 0.6) is 0 Å². The molecule has 2 heteroatoms. The number of hydrogen-bond donors (Lipinski definition) is 0. The van der Waals surface area contributed by atoms with E-state index in [9.17, 15) is 0 Å². The van der Waals surface area contributed by atoms with Crippen LogP contribution in [-0.4, -0.2) is 0 Å². The highest BCUT2D eigenvalue weighted by Gasteiger charge is 2.17. The Bertz CT molecular complexity index is 1490. The molecular weight excluding hydrogens is 340 g/mol. The molecule has 0 N–H and O–H groups in total. The van der Waals surface area contributed by atoms with E-state index in [1.54, 1.807) is 0 Å². The third-order valence-electron chi connectivity index (χ3n) is 5.29. The smallest absolute Gasteiger partial charge is 0.145 e. The van der Waals surface area contributed by atoms with E-state index in [2.05, 4.69) is 72.8 Å². The van der Waals surface area contributed by atoms with E-state index >= 15 is 0 Å². The second-order valence-electron chi connectivity index (χ2n) is 6.71. The molecule has 0 saturated carbocycles. The molecule has 0 aliphatic carbocycles. The number of hydrogen-bond acceptors (Lipinski definition) is 1. The molecule has 0 aliphatic heterocycles. The Balaban J connectivity index is 1.97. The first-order valence-electron chi connectivity index (χ1n) is 8.65. The van der Waals surface area contributed by atoms with Crippen LogP contribution < -0.4 is 0 Å². The topological polar surface area (TPSA) is 13.1 Å². The molecule has 5 aromatic carbocycles. The maximum absolute atomic E-state index is 6.75. The monoisotopic (exact) mass is 352 g/mol. The van der Waals surface area contributed by atoms with Gasteiger partial charge in [0, 0.05) is 16.2 Å². The average molecular weight is 353 g/mol. The van der Waals surface area contributed by atoms with Gasteiger partial charge >= 0.3 is 0 Å². The summed E-state index contributed by atoms with van der Waals surface area (Å²) < 4.78 is 6.38. The molecule has 0 spiro atoms. The van der Waals surface area contributed by atoms with Crippen molar-refractivity contribution in [3.05, 3.63) is 83.9 Å². The summed E-state index contributed by atoms with van der Waals surface area (Å²) in [6.07, 6.45) is 0. The van der Waals surface area contributed by atoms with Gasteiger partial charge in [-0.1, -0.05) is 78.3 Å². The molecule has 0 unspecified atom stereocenters. The van der Waals surface area contributed by atoms with Gasteiger partial charge in [0.2, 0.25) is 0 Å². The Morgan fingerprint density at radius 1 is 0.577 bits per heavy atom. The summed E-state index contributed by atoms with van der Waals surface area (Å²) in [4.78, 5) is 0. The third kappa shape index (κ3) is 1.76. The van der Waals surface area contributed by atoms with Crippen LogP contribution in [-0.2, 0) is 0 Å². The zero-order valence-electron chi connectivity index (χ0n) is 13.8. The van der Waals surface area contributed by atoms with Gasteiger partial charge in [-0.25, -0.2) is 0 Å². The van der Waals surface area contributed by atoms with Crippen molar-refractivity contribution in [1.82, 2.24) is 0 Å². The second kappa shape index (κ2) is 5.00. The van der Waals surface area contributed by atoms with Crippen LogP contribution in [0.15, 0.2) is 83.3 Å². The van der Waals surface area contributed by atoms with E-state index in [1.807, 2.05) is 6.07 Å². The van der Waals surface area contributed by atoms with Crippen LogP contribution in [0.25, 0.3) is 54.3 Å². The fourth-order valence-electron chi connectivity index (χ4n) is 4.14. The van der Waals surface area contributed by atoms with Gasteiger partial charge in [0.15, 0.2) is 0 Å². The molecule has 0 fully saturated rings. The van der Waals surface area contributed by atoms with Crippen molar-refractivity contribution in [3.8, 4) is 0 Å². The zero-order valence-corrected chi connectivity index (χ0v) is 14.5. The van der Waals surface area contributed by atoms with E-state index in [1.165, 1.54) is 21.5 Å². The number of benzene rings is 5. The van der Waals surface area contributed by atoms with Crippen molar-refractivity contribution in [2.75, 3.05) is 0 Å². The molecule has 0 bridgehead atoms. The van der Waals surface area contributed by atoms with Gasteiger partial charge in [-0.15, -0.1) is 0 Å². The minimum atomic E-state index is 0.734. The van der Waals surface area contributed by atoms with Crippen LogP contribution in [0.3, 0.4) is 0 Å². The molecule has 1 aromatic heterocycles. The predicted octanol–water partition coefficient (Wildman–Crippen LogP) is 7.70. The Kier molecular flexibility index (Phi) is 2.72. The summed E-state index contributed by atoms with van der Waals surface area (Å²) in [5.74, 6) is 0. The standard InChI is InChI=1S/C24H13ClO/c25-19-13-16-10-9-14-5-1-3-7-17(14)21(16)24-23(19)22-18-8-4-2-6-15(18)11-12-20(22)26-24/h1-13H. The fraction of sp³-hybridized carbons (Fsp3) is 0. The second-order valence-corrected chi connectivity index (χ2v) is 7.12. The molecule has 122 valence electrons. The first kappa shape index (κ1) is 14.2. The number of fused-ring (bicyclic) bond motifs is 9. The lowest BCUT2D eigenvalue weighted by atomic mass is 9.98. The highest BCUT2D eigenvalue weighted by molar-refractivity contribution is 6.42. The minimum absolute atomic E-state index is 0.734. The van der Waals surface area contributed by atoms with Gasteiger partial charge in [0.1, 0.15) is 11.2 Å². The molecule has 0 radical (unpaired) electrons. The SMILES string of the molecule is Clc1cc2ccc3ccccc3c2c2oc3ccc4ccccc4c3c12. The summed E-state index contributed by atoms with van der Waals surface area (Å²) in [5, 5.41) is 9.82. The lowest BCUT2D eigenvalue weighted by Gasteiger charge is -2.06. The van der Waals surface area contributed by atoms with Crippen LogP contribution in [0.2, 0.25) is 5.02 Å². The van der Waals surface area contributed by atoms with Gasteiger partial charge in [-0.3, -0.25) is 0 Å². The third-order valence-corrected chi connectivity index (χ3v) is 5.59. The van der Waals surface area contributed by atoms with Gasteiger partial charge in [0.05, 0.1) is 5.02 Å². The highest BCUT2D eigenvalue weighted by atomic mass is 35.5. The molecular formula is C24H13ClO. The lowest BCUT2D eigenvalue weighted by Crippen LogP contribution is -1.80. The van der Waals surface area contributed by atoms with Crippen molar-refractivity contribution < 1.29 is 4.42 Å². The molecule has 0 atom stereocenters. The largest absolute Gasteiger partial charge is 0.455 e. The van der Waals surface area contributed by atoms with E-state index in [4.69, 9.17) is 16.0 Å². The van der Waals surface area contributed by atoms with Crippen molar-refractivity contribution >= 4 is 65.9 Å². The Hall–Kier alpha value is -3.03. The van der Waals surface area contributed by atoms with E-state index in [0.717, 1.165) is 37.7 Å². The minimum Gasteiger partial charge on any atom is -0.455 e. The molecule has 26 heavy (non-hydrogen) atoms. The molecule has 0 amide bonds. The van der Waals surface area contributed by atoms with Crippen LogP contribution in [0, 0.1) is 0 Å². The number of rotatable bonds is 0. The van der Waals surface area contributed by atoms with Crippen molar-refractivity contribution in [2.45, 2.75) is 0 Å². The summed E-state index contributed by atoms with van der Waals surface area (Å²) in [6.45, 7) is 0. The summed E-state index contributed by atoms with van der Waals surface area (Å²) >= 11 is 6.75. The summed E-state index contributed by atoms with van der Waals surface area (Å²) in [7, 11) is 0. The Labute approximate surface area is 154 Å². The van der Waals surface area contributed by atoms with Gasteiger partial charge in [-0.05, 0) is 39.1 Å². The fourth-order valence-corrected chi connectivity index (χ4v) is 4.44. The van der Waals surface area contributed by atoms with Crippen LogP contribution in [0.4, 0.5) is 0 Å². The summed E-state index contributed by atoms with van der Waals surface area (Å²) in [5.41, 5.74) is 1.75. The summed E-state index contributed by atoms with van der Waals surface area (Å²) in [6, 6.07) is 27.3. The van der Waals surface area contributed by atoms with Gasteiger partial charge in [-0.2, -0.15) is 0 Å². The number of halogens is 1. The molecule has 1 nitrogen and oxygen atoms in total. The Morgan fingerprint density at radius 2 is 1.19 bits per heavy atom. The van der Waals surface area contributed by atoms with Crippen molar-refractivity contribution in [2.24, 2.45) is 0 Å². The van der Waals surface area contributed by atoms with E-state index in [0.29, 0.717) is 0 Å². The molecule has 0 aliphatic rings. The first-order chi connectivity index (χ1) is 12.8. The first-order valence-corrected chi connectivity index (χ1v) is 9.03. The maximum Gasteiger partial charge on any atom is 0.145 e. The normalized spacial score (nSPS) is 12.0. The zero-order chi connectivity index (χ0) is 17.3. The van der Waals surface area contributed by atoms with Crippen LogP contribution in [0.1, 0.15) is 0 Å². The predicted molar refractivity (Wildman–Crippen MR) is 111 cm³/mol. The Morgan fingerprint density at radius 3 is 1.96 bits per heavy atom. The molecule has 0 saturated heterocycles. The molecule has 1 heterocycles. The average Bonchev–Trinajstić information content (AvgIpc) is 3.08. The van der Waals surface area contributed by atoms with Crippen molar-refractivity contribution in [1.29, 1.82) is 0 Å². The van der Waals surface area contributed by atoms with Gasteiger partial charge in [0.25, 0.3) is 0 Å². The van der Waals surface area contributed by atoms with E-state index in [-0.39, 0.29) is 0 Å². The maximum atomic E-state index is 6.75. The number of furan rings is 1. The van der Waals surface area contributed by atoms with Gasteiger partial charge < -0.3 is 4.42 Å². The van der Waals surface area contributed by atoms with Crippen LogP contribution >= 0.6 is 11.6 Å². The molecule has 6 rings (SSSR count). The quantitative estimate of drug-likeness (QED) is 0.255.